The van der Waals surface area contributed by atoms with E-state index in [9.17, 15) is 4.79 Å². The van der Waals surface area contributed by atoms with Gasteiger partial charge in [0.15, 0.2) is 5.65 Å². The van der Waals surface area contributed by atoms with Gasteiger partial charge in [-0.25, -0.2) is 4.98 Å². The smallest absolute Gasteiger partial charge is 0.242 e. The molecule has 0 spiro atoms. The molecular weight excluding hydrogens is 292 g/mol. The first-order valence-corrected chi connectivity index (χ1v) is 7.50. The van der Waals surface area contributed by atoms with Gasteiger partial charge < -0.3 is 14.2 Å². The largest absolute Gasteiger partial charge is 0.481 e. The molecule has 0 bridgehead atoms. The maximum absolute atomic E-state index is 12.4. The van der Waals surface area contributed by atoms with Crippen LogP contribution in [0.3, 0.4) is 0 Å². The minimum Gasteiger partial charge on any atom is -0.481 e. The molecule has 7 heteroatoms. The number of carbonyl (C=O) groups excluding carboxylic acids is 1. The zero-order valence-corrected chi connectivity index (χ0v) is 12.6. The Kier molecular flexibility index (Phi) is 3.96. The van der Waals surface area contributed by atoms with Crippen LogP contribution in [0, 0.1) is 0 Å². The molecule has 0 aromatic carbocycles. The van der Waals surface area contributed by atoms with Gasteiger partial charge in [0.05, 0.1) is 13.0 Å². The van der Waals surface area contributed by atoms with Gasteiger partial charge in [0, 0.05) is 19.2 Å². The summed E-state index contributed by atoms with van der Waals surface area (Å²) in [6, 6.07) is 3.58. The van der Waals surface area contributed by atoms with Crippen molar-refractivity contribution >= 4 is 28.7 Å². The lowest BCUT2D eigenvalue weighted by Gasteiger charge is -2.16. The third-order valence-corrected chi connectivity index (χ3v) is 3.97. The van der Waals surface area contributed by atoms with Crippen molar-refractivity contribution in [1.29, 1.82) is 0 Å². The minimum atomic E-state index is 0.0859. The molecule has 3 heterocycles. The van der Waals surface area contributed by atoms with E-state index in [0.29, 0.717) is 17.4 Å². The van der Waals surface area contributed by atoms with E-state index in [1.165, 1.54) is 0 Å². The van der Waals surface area contributed by atoms with Gasteiger partial charge in [0.2, 0.25) is 11.8 Å². The number of hydrogen-bond acceptors (Lipinski definition) is 4. The number of hydrogen-bond donors (Lipinski definition) is 0. The lowest BCUT2D eigenvalue weighted by atomic mass is 10.4. The molecule has 0 atom stereocenters. The quantitative estimate of drug-likeness (QED) is 0.808. The maximum Gasteiger partial charge on any atom is 0.242 e. The van der Waals surface area contributed by atoms with Crippen molar-refractivity contribution in [2.75, 3.05) is 20.2 Å². The molecule has 21 heavy (non-hydrogen) atoms. The van der Waals surface area contributed by atoms with Crippen LogP contribution in [0.25, 0.3) is 11.2 Å². The van der Waals surface area contributed by atoms with E-state index >= 15 is 0 Å². The molecule has 0 radical (unpaired) electrons. The second-order valence-corrected chi connectivity index (χ2v) is 5.30. The molecule has 2 aromatic rings. The zero-order valence-electron chi connectivity index (χ0n) is 11.9. The number of fused-ring (bicyclic) bond motifs is 1. The first-order valence-electron chi connectivity index (χ1n) is 6.97. The third-order valence-electron chi connectivity index (χ3n) is 3.73. The predicted molar refractivity (Wildman–Crippen MR) is 79.5 cm³/mol. The van der Waals surface area contributed by atoms with Crippen molar-refractivity contribution < 1.29 is 9.53 Å². The highest BCUT2D eigenvalue weighted by atomic mass is 35.5. The van der Waals surface area contributed by atoms with Crippen LogP contribution < -0.4 is 4.74 Å². The van der Waals surface area contributed by atoms with Crippen molar-refractivity contribution in [1.82, 2.24) is 19.4 Å². The fourth-order valence-corrected chi connectivity index (χ4v) is 2.82. The van der Waals surface area contributed by atoms with Crippen LogP contribution in [0.1, 0.15) is 18.7 Å². The molecule has 1 fully saturated rings. The summed E-state index contributed by atoms with van der Waals surface area (Å²) >= 11 is 5.95. The van der Waals surface area contributed by atoms with E-state index in [2.05, 4.69) is 9.97 Å². The van der Waals surface area contributed by atoms with Crippen molar-refractivity contribution in [3.8, 4) is 5.88 Å². The fourth-order valence-electron chi connectivity index (χ4n) is 2.61. The Morgan fingerprint density at radius 3 is 2.76 bits per heavy atom. The summed E-state index contributed by atoms with van der Waals surface area (Å²) in [6.07, 6.45) is 2.15. The lowest BCUT2D eigenvalue weighted by molar-refractivity contribution is -0.130. The number of imidazole rings is 1. The predicted octanol–water partition coefficient (Wildman–Crippen LogP) is 1.80. The van der Waals surface area contributed by atoms with Gasteiger partial charge in [0.25, 0.3) is 0 Å². The van der Waals surface area contributed by atoms with Gasteiger partial charge in [-0.15, -0.1) is 11.6 Å². The summed E-state index contributed by atoms with van der Waals surface area (Å²) in [6.45, 7) is 1.88. The number of likely N-dealkylation sites (tertiary alicyclic amines) is 1. The standard InChI is InChI=1S/C14H17ClN4O2/c1-21-12-5-4-10-14(17-12)19(11(8-15)16-10)9-13(20)18-6-2-3-7-18/h4-5H,2-3,6-9H2,1H3. The normalized spacial score (nSPS) is 14.9. The van der Waals surface area contributed by atoms with Crippen molar-refractivity contribution in [2.45, 2.75) is 25.3 Å². The van der Waals surface area contributed by atoms with E-state index in [4.69, 9.17) is 16.3 Å². The van der Waals surface area contributed by atoms with E-state index in [0.717, 1.165) is 31.4 Å². The number of nitrogens with zero attached hydrogens (tertiary/aromatic N) is 4. The highest BCUT2D eigenvalue weighted by molar-refractivity contribution is 6.16. The van der Waals surface area contributed by atoms with Crippen LogP contribution in [0.15, 0.2) is 12.1 Å². The molecule has 1 amide bonds. The number of methoxy groups -OCH3 is 1. The van der Waals surface area contributed by atoms with Crippen LogP contribution in [0.5, 0.6) is 5.88 Å². The number of ether oxygens (including phenoxy) is 1. The van der Waals surface area contributed by atoms with Gasteiger partial charge in [-0.3, -0.25) is 4.79 Å². The van der Waals surface area contributed by atoms with Crippen LogP contribution in [0.4, 0.5) is 0 Å². The maximum atomic E-state index is 12.4. The Balaban J connectivity index is 1.96. The van der Waals surface area contributed by atoms with Crippen molar-refractivity contribution in [2.24, 2.45) is 0 Å². The first kappa shape index (κ1) is 14.1. The average molecular weight is 309 g/mol. The highest BCUT2D eigenvalue weighted by Gasteiger charge is 2.21. The van der Waals surface area contributed by atoms with Crippen LogP contribution in [-0.4, -0.2) is 45.5 Å². The summed E-state index contributed by atoms with van der Waals surface area (Å²) in [4.78, 5) is 23.1. The highest BCUT2D eigenvalue weighted by Crippen LogP contribution is 2.20. The van der Waals surface area contributed by atoms with Crippen LogP contribution in [-0.2, 0) is 17.2 Å². The van der Waals surface area contributed by atoms with Crippen molar-refractivity contribution in [3.63, 3.8) is 0 Å². The molecular formula is C14H17ClN4O2. The first-order chi connectivity index (χ1) is 10.2. The summed E-state index contributed by atoms with van der Waals surface area (Å²) in [5.41, 5.74) is 1.36. The van der Waals surface area contributed by atoms with Crippen LogP contribution in [0.2, 0.25) is 0 Å². The molecule has 1 aliphatic heterocycles. The third kappa shape index (κ3) is 2.68. The number of pyridine rings is 1. The van der Waals surface area contributed by atoms with Gasteiger partial charge in [-0.2, -0.15) is 4.98 Å². The number of aromatic nitrogens is 3. The van der Waals surface area contributed by atoms with Crippen molar-refractivity contribution in [3.05, 3.63) is 18.0 Å². The topological polar surface area (TPSA) is 60.3 Å². The SMILES string of the molecule is COc1ccc2nc(CCl)n(CC(=O)N3CCCC3)c2n1. The summed E-state index contributed by atoms with van der Waals surface area (Å²) in [7, 11) is 1.56. The number of rotatable bonds is 4. The summed E-state index contributed by atoms with van der Waals surface area (Å²) in [5, 5.41) is 0. The Hall–Kier alpha value is -1.82. The number of halogens is 1. The van der Waals surface area contributed by atoms with E-state index in [1.54, 1.807) is 17.7 Å². The molecule has 0 unspecified atom stereocenters. The summed E-state index contributed by atoms with van der Waals surface area (Å²) in [5.74, 6) is 1.48. The Bertz CT molecular complexity index is 664. The van der Waals surface area contributed by atoms with Gasteiger partial charge in [0.1, 0.15) is 17.9 Å². The molecule has 3 rings (SSSR count). The second kappa shape index (κ2) is 5.89. The second-order valence-electron chi connectivity index (χ2n) is 5.03. The molecule has 0 saturated carbocycles. The van der Waals surface area contributed by atoms with E-state index in [1.807, 2.05) is 11.0 Å². The Labute approximate surface area is 127 Å². The molecule has 2 aromatic heterocycles. The average Bonchev–Trinajstić information content (AvgIpc) is 3.14. The molecule has 112 valence electrons. The fraction of sp³-hybridized carbons (Fsp3) is 0.500. The molecule has 6 nitrogen and oxygen atoms in total. The monoisotopic (exact) mass is 308 g/mol. The summed E-state index contributed by atoms with van der Waals surface area (Å²) < 4.78 is 6.93. The van der Waals surface area contributed by atoms with E-state index < -0.39 is 0 Å². The Morgan fingerprint density at radius 2 is 2.10 bits per heavy atom. The van der Waals surface area contributed by atoms with Crippen LogP contribution >= 0.6 is 11.6 Å². The van der Waals surface area contributed by atoms with Gasteiger partial charge >= 0.3 is 0 Å². The Morgan fingerprint density at radius 1 is 1.33 bits per heavy atom. The number of alkyl halides is 1. The zero-order chi connectivity index (χ0) is 14.8. The lowest BCUT2D eigenvalue weighted by Crippen LogP contribution is -2.31. The molecule has 0 N–H and O–H groups in total. The molecule has 0 aliphatic carbocycles. The van der Waals surface area contributed by atoms with Gasteiger partial charge in [-0.1, -0.05) is 0 Å². The number of carbonyl (C=O) groups is 1. The molecule has 1 aliphatic rings. The van der Waals surface area contributed by atoms with Gasteiger partial charge in [-0.05, 0) is 18.9 Å². The minimum absolute atomic E-state index is 0.0859. The molecule has 1 saturated heterocycles. The van der Waals surface area contributed by atoms with E-state index in [-0.39, 0.29) is 18.3 Å². The number of amides is 1.